The summed E-state index contributed by atoms with van der Waals surface area (Å²) < 4.78 is 5.42. The van der Waals surface area contributed by atoms with Crippen molar-refractivity contribution in [1.82, 2.24) is 4.90 Å². The minimum absolute atomic E-state index is 0.110. The van der Waals surface area contributed by atoms with Gasteiger partial charge in [0.2, 0.25) is 0 Å². The average Bonchev–Trinajstić information content (AvgIpc) is 2.56. The number of piperidine rings is 1. The Hall–Kier alpha value is -1.52. The van der Waals surface area contributed by atoms with Crippen LogP contribution in [0, 0.1) is 6.92 Å². The first kappa shape index (κ1) is 16.3. The van der Waals surface area contributed by atoms with E-state index in [1.54, 1.807) is 19.1 Å². The monoisotopic (exact) mass is 335 g/mol. The van der Waals surface area contributed by atoms with Gasteiger partial charge in [0.15, 0.2) is 0 Å². The van der Waals surface area contributed by atoms with Gasteiger partial charge in [0, 0.05) is 18.0 Å². The van der Waals surface area contributed by atoms with Crippen LogP contribution in [0.1, 0.15) is 43.7 Å². The minimum atomic E-state index is -0.547. The number of fused-ring (bicyclic) bond motifs is 1. The highest BCUT2D eigenvalue weighted by molar-refractivity contribution is 6.31. The highest BCUT2D eigenvalue weighted by atomic mass is 35.5. The van der Waals surface area contributed by atoms with E-state index in [-0.39, 0.29) is 10.8 Å². The smallest absolute Gasteiger partial charge is 0.355 e. The SMILES string of the molecule is CCC1CCCCN1Cc1c(O)ccc2c(C)c(Cl)c(=O)oc12. The maximum Gasteiger partial charge on any atom is 0.355 e. The van der Waals surface area contributed by atoms with Gasteiger partial charge in [-0.05, 0) is 50.4 Å². The zero-order valence-corrected chi connectivity index (χ0v) is 14.3. The molecule has 5 heteroatoms. The number of halogens is 1. The Labute approximate surface area is 140 Å². The molecule has 0 radical (unpaired) electrons. The molecule has 0 amide bonds. The summed E-state index contributed by atoms with van der Waals surface area (Å²) in [6.07, 6.45) is 4.67. The van der Waals surface area contributed by atoms with Crippen LogP contribution in [0.3, 0.4) is 0 Å². The number of rotatable bonds is 3. The number of likely N-dealkylation sites (tertiary alicyclic amines) is 1. The van der Waals surface area contributed by atoms with Gasteiger partial charge >= 0.3 is 5.63 Å². The average molecular weight is 336 g/mol. The van der Waals surface area contributed by atoms with Crippen molar-refractivity contribution in [3.63, 3.8) is 0 Å². The lowest BCUT2D eigenvalue weighted by molar-refractivity contribution is 0.135. The molecule has 1 atom stereocenters. The predicted molar refractivity (Wildman–Crippen MR) is 92.2 cm³/mol. The van der Waals surface area contributed by atoms with Crippen molar-refractivity contribution in [3.05, 3.63) is 38.7 Å². The lowest BCUT2D eigenvalue weighted by Gasteiger charge is -2.35. The van der Waals surface area contributed by atoms with Crippen LogP contribution in [0.15, 0.2) is 21.3 Å². The first-order valence-electron chi connectivity index (χ1n) is 8.20. The van der Waals surface area contributed by atoms with E-state index in [1.807, 2.05) is 0 Å². The van der Waals surface area contributed by atoms with Gasteiger partial charge in [-0.15, -0.1) is 0 Å². The van der Waals surface area contributed by atoms with Crippen molar-refractivity contribution < 1.29 is 9.52 Å². The topological polar surface area (TPSA) is 53.7 Å². The van der Waals surface area contributed by atoms with E-state index in [9.17, 15) is 9.90 Å². The van der Waals surface area contributed by atoms with E-state index in [4.69, 9.17) is 16.0 Å². The number of phenolic OH excluding ortho intramolecular Hbond substituents is 1. The highest BCUT2D eigenvalue weighted by Crippen LogP contribution is 2.33. The maximum absolute atomic E-state index is 11.9. The molecule has 0 aliphatic carbocycles. The Kier molecular flexibility index (Phi) is 4.64. The van der Waals surface area contributed by atoms with Crippen LogP contribution >= 0.6 is 11.6 Å². The first-order valence-corrected chi connectivity index (χ1v) is 8.58. The number of phenols is 1. The molecule has 23 heavy (non-hydrogen) atoms. The van der Waals surface area contributed by atoms with Gasteiger partial charge in [0.1, 0.15) is 16.4 Å². The Morgan fingerprint density at radius 1 is 1.39 bits per heavy atom. The summed E-state index contributed by atoms with van der Waals surface area (Å²) in [5, 5.41) is 11.2. The van der Waals surface area contributed by atoms with Crippen molar-refractivity contribution in [3.8, 4) is 5.75 Å². The van der Waals surface area contributed by atoms with E-state index >= 15 is 0 Å². The quantitative estimate of drug-likeness (QED) is 0.853. The van der Waals surface area contributed by atoms with Crippen LogP contribution < -0.4 is 5.63 Å². The number of hydrogen-bond acceptors (Lipinski definition) is 4. The Morgan fingerprint density at radius 3 is 2.91 bits per heavy atom. The summed E-state index contributed by atoms with van der Waals surface area (Å²) in [7, 11) is 0. The fraction of sp³-hybridized carbons (Fsp3) is 0.500. The molecule has 2 aromatic rings. The number of aromatic hydroxyl groups is 1. The van der Waals surface area contributed by atoms with Gasteiger partial charge < -0.3 is 9.52 Å². The minimum Gasteiger partial charge on any atom is -0.507 e. The van der Waals surface area contributed by atoms with Crippen LogP contribution in [-0.4, -0.2) is 22.6 Å². The molecule has 3 rings (SSSR count). The van der Waals surface area contributed by atoms with Crippen LogP contribution in [-0.2, 0) is 6.54 Å². The zero-order valence-electron chi connectivity index (χ0n) is 13.6. The van der Waals surface area contributed by atoms with E-state index in [1.165, 1.54) is 12.8 Å². The third-order valence-corrected chi connectivity index (χ3v) is 5.36. The molecule has 124 valence electrons. The lowest BCUT2D eigenvalue weighted by Crippen LogP contribution is -2.38. The molecular formula is C18H22ClNO3. The van der Waals surface area contributed by atoms with Crippen molar-refractivity contribution >= 4 is 22.6 Å². The Bertz CT molecular complexity index is 784. The number of nitrogens with zero attached hydrogens (tertiary/aromatic N) is 1. The molecule has 2 heterocycles. The molecule has 1 saturated heterocycles. The van der Waals surface area contributed by atoms with Crippen LogP contribution in [0.4, 0.5) is 0 Å². The third kappa shape index (κ3) is 2.98. The fourth-order valence-electron chi connectivity index (χ4n) is 3.52. The molecule has 1 fully saturated rings. The summed E-state index contributed by atoms with van der Waals surface area (Å²) in [5.74, 6) is 0.169. The van der Waals surface area contributed by atoms with Crippen molar-refractivity contribution in [2.24, 2.45) is 0 Å². The van der Waals surface area contributed by atoms with Gasteiger partial charge in [-0.25, -0.2) is 4.79 Å². The molecule has 4 nitrogen and oxygen atoms in total. The van der Waals surface area contributed by atoms with E-state index < -0.39 is 5.63 Å². The first-order chi connectivity index (χ1) is 11.0. The van der Waals surface area contributed by atoms with Crippen molar-refractivity contribution in [1.29, 1.82) is 0 Å². The van der Waals surface area contributed by atoms with E-state index in [2.05, 4.69) is 11.8 Å². The van der Waals surface area contributed by atoms with E-state index in [0.717, 1.165) is 24.8 Å². The van der Waals surface area contributed by atoms with Gasteiger partial charge in [0.25, 0.3) is 0 Å². The molecule has 1 aromatic carbocycles. The molecule has 1 aromatic heterocycles. The normalized spacial score (nSPS) is 19.3. The van der Waals surface area contributed by atoms with Gasteiger partial charge in [0.05, 0.1) is 5.56 Å². The standard InChI is InChI=1S/C18H22ClNO3/c1-3-12-6-4-5-9-20(12)10-14-15(21)8-7-13-11(2)16(19)18(22)23-17(13)14/h7-8,12,21H,3-6,9-10H2,1-2H3. The second kappa shape index (κ2) is 6.54. The summed E-state index contributed by atoms with van der Waals surface area (Å²) in [6.45, 7) is 5.59. The number of hydrogen-bond donors (Lipinski definition) is 1. The van der Waals surface area contributed by atoms with E-state index in [0.29, 0.717) is 29.3 Å². The Morgan fingerprint density at radius 2 is 2.17 bits per heavy atom. The molecule has 1 aliphatic heterocycles. The van der Waals surface area contributed by atoms with Crippen LogP contribution in [0.5, 0.6) is 5.75 Å². The van der Waals surface area contributed by atoms with Crippen molar-refractivity contribution in [2.75, 3.05) is 6.54 Å². The zero-order chi connectivity index (χ0) is 16.6. The second-order valence-corrected chi connectivity index (χ2v) is 6.67. The fourth-order valence-corrected chi connectivity index (χ4v) is 3.66. The number of benzene rings is 1. The Balaban J connectivity index is 2.09. The molecule has 1 N–H and O–H groups in total. The molecule has 0 saturated carbocycles. The maximum atomic E-state index is 11.9. The van der Waals surface area contributed by atoms with Crippen LogP contribution in [0.25, 0.3) is 11.0 Å². The van der Waals surface area contributed by atoms with Gasteiger partial charge in [-0.1, -0.05) is 24.9 Å². The molecule has 0 bridgehead atoms. The summed E-state index contributed by atoms with van der Waals surface area (Å²) >= 11 is 6.01. The third-order valence-electron chi connectivity index (χ3n) is 4.92. The highest BCUT2D eigenvalue weighted by Gasteiger charge is 2.24. The molecule has 1 unspecified atom stereocenters. The van der Waals surface area contributed by atoms with Crippen molar-refractivity contribution in [2.45, 2.75) is 52.1 Å². The van der Waals surface area contributed by atoms with Gasteiger partial charge in [-0.3, -0.25) is 4.90 Å². The molecule has 0 spiro atoms. The van der Waals surface area contributed by atoms with Gasteiger partial charge in [-0.2, -0.15) is 0 Å². The molecule has 1 aliphatic rings. The summed E-state index contributed by atoms with van der Waals surface area (Å²) in [4.78, 5) is 14.3. The largest absolute Gasteiger partial charge is 0.507 e. The summed E-state index contributed by atoms with van der Waals surface area (Å²) in [6, 6.07) is 3.93. The second-order valence-electron chi connectivity index (χ2n) is 6.30. The summed E-state index contributed by atoms with van der Waals surface area (Å²) in [5.41, 5.74) is 1.29. The number of aryl methyl sites for hydroxylation is 1. The van der Waals surface area contributed by atoms with Crippen LogP contribution in [0.2, 0.25) is 5.02 Å². The lowest BCUT2D eigenvalue weighted by atomic mass is 9.98. The predicted octanol–water partition coefficient (Wildman–Crippen LogP) is 4.22. The molecular weight excluding hydrogens is 314 g/mol.